The van der Waals surface area contributed by atoms with Crippen molar-refractivity contribution in [1.82, 2.24) is 0 Å². The van der Waals surface area contributed by atoms with Gasteiger partial charge in [-0.1, -0.05) is 42.5 Å². The highest BCUT2D eigenvalue weighted by atomic mass is 19.1. The molecule has 0 saturated carbocycles. The largest absolute Gasteiger partial charge is 0.493 e. The summed E-state index contributed by atoms with van der Waals surface area (Å²) in [6.45, 7) is 0. The third-order valence-corrected chi connectivity index (χ3v) is 2.76. The van der Waals surface area contributed by atoms with Gasteiger partial charge in [-0.25, -0.2) is 4.39 Å². The zero-order valence-corrected chi connectivity index (χ0v) is 10.9. The lowest BCUT2D eigenvalue weighted by atomic mass is 10.1. The Labute approximate surface area is 112 Å². The van der Waals surface area contributed by atoms with Gasteiger partial charge in [0, 0.05) is 11.6 Å². The van der Waals surface area contributed by atoms with Gasteiger partial charge in [0.15, 0.2) is 11.5 Å². The standard InChI is InChI=1S/C16H15FO2/c1-18-15-10-13(14(17)11-16(15)19-2)9-8-12-6-4-3-5-7-12/h3-11H,1-2H3/b9-8+. The van der Waals surface area contributed by atoms with Gasteiger partial charge in [0.25, 0.3) is 0 Å². The zero-order chi connectivity index (χ0) is 13.7. The summed E-state index contributed by atoms with van der Waals surface area (Å²) in [5.74, 6) is 0.554. The monoisotopic (exact) mass is 258 g/mol. The van der Waals surface area contributed by atoms with Gasteiger partial charge in [-0.2, -0.15) is 0 Å². The Bertz CT molecular complexity index is 577. The highest BCUT2D eigenvalue weighted by molar-refractivity contribution is 5.71. The van der Waals surface area contributed by atoms with Crippen molar-refractivity contribution in [1.29, 1.82) is 0 Å². The molecule has 0 atom stereocenters. The van der Waals surface area contributed by atoms with Crippen LogP contribution in [-0.4, -0.2) is 14.2 Å². The quantitative estimate of drug-likeness (QED) is 0.771. The molecule has 0 aliphatic heterocycles. The second-order valence-corrected chi connectivity index (χ2v) is 3.97. The molecule has 0 unspecified atom stereocenters. The summed E-state index contributed by atoms with van der Waals surface area (Å²) in [5.41, 5.74) is 1.47. The minimum atomic E-state index is -0.343. The number of halogens is 1. The van der Waals surface area contributed by atoms with Crippen LogP contribution in [0.15, 0.2) is 42.5 Å². The van der Waals surface area contributed by atoms with Gasteiger partial charge in [0.1, 0.15) is 5.82 Å². The molecule has 19 heavy (non-hydrogen) atoms. The first-order valence-corrected chi connectivity index (χ1v) is 5.89. The van der Waals surface area contributed by atoms with Crippen molar-refractivity contribution in [3.05, 3.63) is 59.4 Å². The first kappa shape index (κ1) is 13.1. The summed E-state index contributed by atoms with van der Waals surface area (Å²) in [5, 5.41) is 0. The summed E-state index contributed by atoms with van der Waals surface area (Å²) >= 11 is 0. The fourth-order valence-corrected chi connectivity index (χ4v) is 1.75. The summed E-state index contributed by atoms with van der Waals surface area (Å²) in [7, 11) is 3.01. The van der Waals surface area contributed by atoms with E-state index in [1.807, 2.05) is 36.4 Å². The predicted octanol–water partition coefficient (Wildman–Crippen LogP) is 4.01. The van der Waals surface area contributed by atoms with Crippen LogP contribution in [0.5, 0.6) is 11.5 Å². The van der Waals surface area contributed by atoms with E-state index in [4.69, 9.17) is 9.47 Å². The Kier molecular flexibility index (Phi) is 4.18. The zero-order valence-electron chi connectivity index (χ0n) is 10.9. The van der Waals surface area contributed by atoms with Gasteiger partial charge in [-0.05, 0) is 11.6 Å². The Hall–Kier alpha value is -2.29. The fraction of sp³-hybridized carbons (Fsp3) is 0.125. The highest BCUT2D eigenvalue weighted by Gasteiger charge is 2.08. The molecule has 0 amide bonds. The topological polar surface area (TPSA) is 18.5 Å². The molecule has 0 aliphatic rings. The molecular weight excluding hydrogens is 243 g/mol. The molecule has 3 heteroatoms. The third kappa shape index (κ3) is 3.13. The van der Waals surface area contributed by atoms with Crippen molar-refractivity contribution < 1.29 is 13.9 Å². The lowest BCUT2D eigenvalue weighted by molar-refractivity contribution is 0.352. The van der Waals surface area contributed by atoms with Crippen LogP contribution >= 0.6 is 0 Å². The van der Waals surface area contributed by atoms with Crippen LogP contribution in [0.2, 0.25) is 0 Å². The van der Waals surface area contributed by atoms with E-state index in [1.54, 1.807) is 12.1 Å². The van der Waals surface area contributed by atoms with Crippen molar-refractivity contribution in [3.63, 3.8) is 0 Å². The lowest BCUT2D eigenvalue weighted by Gasteiger charge is -2.08. The minimum Gasteiger partial charge on any atom is -0.493 e. The van der Waals surface area contributed by atoms with Crippen LogP contribution in [0.1, 0.15) is 11.1 Å². The number of hydrogen-bond donors (Lipinski definition) is 0. The normalized spacial score (nSPS) is 10.7. The fourth-order valence-electron chi connectivity index (χ4n) is 1.75. The van der Waals surface area contributed by atoms with Crippen LogP contribution in [-0.2, 0) is 0 Å². The molecule has 2 rings (SSSR count). The van der Waals surface area contributed by atoms with Gasteiger partial charge >= 0.3 is 0 Å². The molecule has 0 fully saturated rings. The van der Waals surface area contributed by atoms with Gasteiger partial charge in [0.05, 0.1) is 14.2 Å². The van der Waals surface area contributed by atoms with Crippen LogP contribution in [0.25, 0.3) is 12.2 Å². The molecule has 0 aromatic heterocycles. The van der Waals surface area contributed by atoms with E-state index in [1.165, 1.54) is 20.3 Å². The van der Waals surface area contributed by atoms with E-state index in [0.717, 1.165) is 5.56 Å². The van der Waals surface area contributed by atoms with Crippen LogP contribution in [0.4, 0.5) is 4.39 Å². The van der Waals surface area contributed by atoms with Gasteiger partial charge < -0.3 is 9.47 Å². The minimum absolute atomic E-state index is 0.343. The molecule has 0 spiro atoms. The average molecular weight is 258 g/mol. The number of rotatable bonds is 4. The van der Waals surface area contributed by atoms with Crippen molar-refractivity contribution in [2.24, 2.45) is 0 Å². The van der Waals surface area contributed by atoms with Gasteiger partial charge in [0.2, 0.25) is 0 Å². The molecule has 98 valence electrons. The molecule has 0 saturated heterocycles. The molecule has 0 bridgehead atoms. The summed E-state index contributed by atoms with van der Waals surface area (Å²) in [4.78, 5) is 0. The van der Waals surface area contributed by atoms with E-state index >= 15 is 0 Å². The molecule has 0 radical (unpaired) electrons. The van der Waals surface area contributed by atoms with E-state index in [0.29, 0.717) is 17.1 Å². The summed E-state index contributed by atoms with van der Waals surface area (Å²) in [6.07, 6.45) is 3.57. The second kappa shape index (κ2) is 6.05. The van der Waals surface area contributed by atoms with Crippen LogP contribution < -0.4 is 9.47 Å². The maximum absolute atomic E-state index is 13.9. The molecule has 0 heterocycles. The van der Waals surface area contributed by atoms with Crippen LogP contribution in [0.3, 0.4) is 0 Å². The average Bonchev–Trinajstić information content (AvgIpc) is 2.46. The van der Waals surface area contributed by atoms with Gasteiger partial charge in [-0.3, -0.25) is 0 Å². The number of benzene rings is 2. The van der Waals surface area contributed by atoms with Crippen molar-refractivity contribution in [2.45, 2.75) is 0 Å². The van der Waals surface area contributed by atoms with Crippen molar-refractivity contribution in [3.8, 4) is 11.5 Å². The Morgan fingerprint density at radius 3 is 2.16 bits per heavy atom. The van der Waals surface area contributed by atoms with E-state index < -0.39 is 0 Å². The van der Waals surface area contributed by atoms with E-state index in [2.05, 4.69) is 0 Å². The number of ether oxygens (including phenoxy) is 2. The first-order chi connectivity index (χ1) is 9.24. The molecule has 0 aliphatic carbocycles. The highest BCUT2D eigenvalue weighted by Crippen LogP contribution is 2.30. The molecule has 2 nitrogen and oxygen atoms in total. The molecule has 2 aromatic rings. The van der Waals surface area contributed by atoms with Crippen molar-refractivity contribution >= 4 is 12.2 Å². The van der Waals surface area contributed by atoms with E-state index in [9.17, 15) is 4.39 Å². The maximum atomic E-state index is 13.9. The first-order valence-electron chi connectivity index (χ1n) is 5.89. The van der Waals surface area contributed by atoms with Crippen molar-refractivity contribution in [2.75, 3.05) is 14.2 Å². The SMILES string of the molecule is COc1cc(F)c(/C=C/c2ccccc2)cc1OC. The smallest absolute Gasteiger partial charge is 0.163 e. The molecule has 2 aromatic carbocycles. The predicted molar refractivity (Wildman–Crippen MR) is 74.9 cm³/mol. The number of methoxy groups -OCH3 is 2. The Morgan fingerprint density at radius 1 is 0.895 bits per heavy atom. The third-order valence-electron chi connectivity index (χ3n) is 2.76. The van der Waals surface area contributed by atoms with E-state index in [-0.39, 0.29) is 5.82 Å². The molecular formula is C16H15FO2. The maximum Gasteiger partial charge on any atom is 0.163 e. The molecule has 0 N–H and O–H groups in total. The van der Waals surface area contributed by atoms with Gasteiger partial charge in [-0.15, -0.1) is 0 Å². The number of hydrogen-bond acceptors (Lipinski definition) is 2. The Morgan fingerprint density at radius 2 is 1.53 bits per heavy atom. The summed E-state index contributed by atoms with van der Waals surface area (Å²) in [6, 6.07) is 12.7. The summed E-state index contributed by atoms with van der Waals surface area (Å²) < 4.78 is 24.1. The second-order valence-electron chi connectivity index (χ2n) is 3.97. The Balaban J connectivity index is 2.33. The van der Waals surface area contributed by atoms with Crippen LogP contribution in [0, 0.1) is 5.82 Å². The lowest BCUT2D eigenvalue weighted by Crippen LogP contribution is -1.93.